The number of hydrogen-bond donors (Lipinski definition) is 0. The minimum atomic E-state index is -2.49. The summed E-state index contributed by atoms with van der Waals surface area (Å²) in [6.07, 6.45) is 9.05. The van der Waals surface area contributed by atoms with Crippen LogP contribution in [-0.2, 0) is 18.9 Å². The molecule has 4 nitrogen and oxygen atoms in total. The van der Waals surface area contributed by atoms with Crippen molar-refractivity contribution in [1.82, 2.24) is 0 Å². The van der Waals surface area contributed by atoms with Gasteiger partial charge in [-0.2, -0.15) is 8.78 Å². The van der Waals surface area contributed by atoms with Gasteiger partial charge in [-0.25, -0.2) is 8.78 Å². The topological polar surface area (TPSA) is 36.9 Å². The Labute approximate surface area is 138 Å². The van der Waals surface area contributed by atoms with Crippen LogP contribution in [0.5, 0.6) is 0 Å². The van der Waals surface area contributed by atoms with Gasteiger partial charge in [0.1, 0.15) is 0 Å². The highest BCUT2D eigenvalue weighted by atomic mass is 19.2. The molecular weight excluding hydrogens is 332 g/mol. The van der Waals surface area contributed by atoms with Crippen LogP contribution in [0.25, 0.3) is 0 Å². The first-order valence-electron chi connectivity index (χ1n) is 7.07. The molecule has 8 heteroatoms. The molecule has 2 rings (SSSR count). The maximum atomic E-state index is 13.3. The predicted octanol–water partition coefficient (Wildman–Crippen LogP) is 3.84. The van der Waals surface area contributed by atoms with Crippen LogP contribution >= 0.6 is 0 Å². The van der Waals surface area contributed by atoms with Gasteiger partial charge in [0, 0.05) is 27.7 Å². The smallest absolute Gasteiger partial charge is 0.317 e. The molecular formula is C16H20F4O4. The van der Waals surface area contributed by atoms with E-state index >= 15 is 0 Å². The first-order chi connectivity index (χ1) is 10.8. The zero-order chi connectivity index (χ0) is 18.6. The largest absolute Gasteiger partial charge is 0.421 e. The van der Waals surface area contributed by atoms with Gasteiger partial charge in [-0.1, -0.05) is 18.1 Å². The number of allylic oxidation sites excluding steroid dienone is 1. The summed E-state index contributed by atoms with van der Waals surface area (Å²) >= 11 is 0. The summed E-state index contributed by atoms with van der Waals surface area (Å²) in [6, 6.07) is 0. The third-order valence-corrected chi connectivity index (χ3v) is 3.45. The number of halogens is 4. The first kappa shape index (κ1) is 20.3. The summed E-state index contributed by atoms with van der Waals surface area (Å²) < 4.78 is 71.1. The first-order valence-corrected chi connectivity index (χ1v) is 7.07. The van der Waals surface area contributed by atoms with Crippen LogP contribution in [0.4, 0.5) is 17.6 Å². The molecule has 4 atom stereocenters. The van der Waals surface area contributed by atoms with E-state index in [1.54, 1.807) is 12.2 Å². The summed E-state index contributed by atoms with van der Waals surface area (Å²) in [5, 5.41) is 0. The molecule has 0 aromatic carbocycles. The molecule has 2 aliphatic rings. The average Bonchev–Trinajstić information content (AvgIpc) is 2.61. The van der Waals surface area contributed by atoms with Crippen molar-refractivity contribution in [3.05, 3.63) is 24.2 Å². The molecule has 4 unspecified atom stereocenters. The molecule has 0 spiro atoms. The lowest BCUT2D eigenvalue weighted by molar-refractivity contribution is -0.305. The van der Waals surface area contributed by atoms with Crippen LogP contribution < -0.4 is 0 Å². The van der Waals surface area contributed by atoms with Crippen molar-refractivity contribution >= 4 is 0 Å². The summed E-state index contributed by atoms with van der Waals surface area (Å²) in [6.45, 7) is 4.04. The van der Waals surface area contributed by atoms with Gasteiger partial charge in [0.15, 0.2) is 0 Å². The van der Waals surface area contributed by atoms with Crippen molar-refractivity contribution in [3.63, 3.8) is 0 Å². The van der Waals surface area contributed by atoms with Crippen LogP contribution in [0, 0.1) is 12.3 Å². The van der Waals surface area contributed by atoms with E-state index in [9.17, 15) is 17.6 Å². The lowest BCUT2D eigenvalue weighted by Gasteiger charge is -2.33. The Morgan fingerprint density at radius 3 is 1.58 bits per heavy atom. The zero-order valence-electron chi connectivity index (χ0n) is 13.9. The Balaban J connectivity index is 0.000000240. The lowest BCUT2D eigenvalue weighted by Crippen LogP contribution is -2.47. The van der Waals surface area contributed by atoms with Gasteiger partial charge >= 0.3 is 11.7 Å². The van der Waals surface area contributed by atoms with Crippen LogP contribution in [0.3, 0.4) is 0 Å². The monoisotopic (exact) mass is 352 g/mol. The maximum absolute atomic E-state index is 13.3. The van der Waals surface area contributed by atoms with Crippen molar-refractivity contribution < 1.29 is 36.5 Å². The molecule has 0 saturated carbocycles. The van der Waals surface area contributed by atoms with E-state index in [0.717, 1.165) is 33.8 Å². The highest BCUT2D eigenvalue weighted by molar-refractivity contribution is 5.13. The predicted molar refractivity (Wildman–Crippen MR) is 78.2 cm³/mol. The average molecular weight is 352 g/mol. The molecule has 136 valence electrons. The molecule has 2 heterocycles. The molecule has 0 N–H and O–H groups in total. The number of alkyl halides is 4. The van der Waals surface area contributed by atoms with Crippen LogP contribution in [0.2, 0.25) is 0 Å². The molecule has 24 heavy (non-hydrogen) atoms. The van der Waals surface area contributed by atoms with E-state index < -0.39 is 23.4 Å². The Morgan fingerprint density at radius 2 is 1.25 bits per heavy atom. The lowest BCUT2D eigenvalue weighted by atomic mass is 10.2. The van der Waals surface area contributed by atoms with Crippen molar-refractivity contribution in [3.8, 4) is 12.3 Å². The van der Waals surface area contributed by atoms with Crippen LogP contribution in [0.1, 0.15) is 27.7 Å². The fourth-order valence-corrected chi connectivity index (χ4v) is 1.51. The van der Waals surface area contributed by atoms with E-state index in [-0.39, 0.29) is 19.2 Å². The quantitative estimate of drug-likeness (QED) is 0.377. The summed E-state index contributed by atoms with van der Waals surface area (Å²) in [5.74, 6) is -8.04. The van der Waals surface area contributed by atoms with E-state index in [2.05, 4.69) is 18.9 Å². The Hall–Kier alpha value is -1.72. The summed E-state index contributed by atoms with van der Waals surface area (Å²) in [4.78, 5) is 0. The molecule has 0 aromatic rings. The molecule has 2 aliphatic heterocycles. The van der Waals surface area contributed by atoms with Crippen molar-refractivity contribution in [1.29, 1.82) is 0 Å². The Kier molecular flexibility index (Phi) is 5.95. The molecule has 0 aliphatic carbocycles. The van der Waals surface area contributed by atoms with Gasteiger partial charge < -0.3 is 18.9 Å². The zero-order valence-corrected chi connectivity index (χ0v) is 13.9. The van der Waals surface area contributed by atoms with Gasteiger partial charge in [-0.05, 0) is 0 Å². The number of terminal acetylenes is 1. The molecule has 0 aromatic heterocycles. The molecule has 1 saturated heterocycles. The standard InChI is InChI=1S/C8H12F2O2.C8H8F2O2/c1-7(9)8(2,10)12-6-4-3-5-11-7;1-4-5-6-11-7(2,9)8(3,10)12-6/h3-4H,5-6H2,1-2H3;1,5H,2-3H3/b4-3-;. The third-order valence-electron chi connectivity index (χ3n) is 3.45. The number of rotatable bonds is 0. The van der Waals surface area contributed by atoms with E-state index in [1.165, 1.54) is 0 Å². The number of hydrogen-bond acceptors (Lipinski definition) is 4. The van der Waals surface area contributed by atoms with Gasteiger partial charge in [-0.15, -0.1) is 6.42 Å². The van der Waals surface area contributed by atoms with E-state index in [1.807, 2.05) is 5.92 Å². The van der Waals surface area contributed by atoms with E-state index in [4.69, 9.17) is 6.42 Å². The second kappa shape index (κ2) is 7.03. The van der Waals surface area contributed by atoms with Gasteiger partial charge in [0.25, 0.3) is 17.7 Å². The van der Waals surface area contributed by atoms with Crippen LogP contribution in [0.15, 0.2) is 24.2 Å². The van der Waals surface area contributed by atoms with Crippen molar-refractivity contribution in [2.45, 2.75) is 51.1 Å². The minimum Gasteiger partial charge on any atom is -0.421 e. The fraction of sp³-hybridized carbons (Fsp3) is 0.625. The highest BCUT2D eigenvalue weighted by Crippen LogP contribution is 2.42. The van der Waals surface area contributed by atoms with Gasteiger partial charge in [0.05, 0.1) is 19.3 Å². The minimum absolute atomic E-state index is 0.0653. The molecule has 0 bridgehead atoms. The Bertz CT molecular complexity index is 507. The molecule has 1 fully saturated rings. The summed E-state index contributed by atoms with van der Waals surface area (Å²) in [7, 11) is 0. The van der Waals surface area contributed by atoms with Crippen LogP contribution in [-0.4, -0.2) is 36.6 Å². The van der Waals surface area contributed by atoms with Gasteiger partial charge in [0.2, 0.25) is 0 Å². The molecule has 0 radical (unpaired) electrons. The number of ether oxygens (including phenoxy) is 4. The van der Waals surface area contributed by atoms with E-state index in [0.29, 0.717) is 0 Å². The fourth-order valence-electron chi connectivity index (χ4n) is 1.51. The second-order valence-electron chi connectivity index (χ2n) is 5.59. The van der Waals surface area contributed by atoms with Gasteiger partial charge in [-0.3, -0.25) is 0 Å². The van der Waals surface area contributed by atoms with Crippen molar-refractivity contribution in [2.24, 2.45) is 0 Å². The highest BCUT2D eigenvalue weighted by Gasteiger charge is 2.57. The summed E-state index contributed by atoms with van der Waals surface area (Å²) in [5.41, 5.74) is 0. The Morgan fingerprint density at radius 1 is 0.875 bits per heavy atom. The van der Waals surface area contributed by atoms with Crippen molar-refractivity contribution in [2.75, 3.05) is 13.2 Å². The molecule has 0 amide bonds. The third kappa shape index (κ3) is 4.65. The normalized spacial score (nSPS) is 43.0. The second-order valence-corrected chi connectivity index (χ2v) is 5.59. The SMILES string of the molecule is C#CC=C1OC(C)(F)C(C)(F)O1.CC1(F)OC/C=C\COC1(C)F. The maximum Gasteiger partial charge on any atom is 0.317 e.